The van der Waals surface area contributed by atoms with E-state index in [4.69, 9.17) is 11.6 Å². The number of hydrogen-bond donors (Lipinski definition) is 1. The molecule has 1 aromatic heterocycles. The molecule has 0 fully saturated rings. The van der Waals surface area contributed by atoms with Crippen molar-refractivity contribution >= 4 is 23.6 Å². The zero-order valence-electron chi connectivity index (χ0n) is 13.8. The van der Waals surface area contributed by atoms with Gasteiger partial charge in [-0.15, -0.1) is 0 Å². The summed E-state index contributed by atoms with van der Waals surface area (Å²) in [5.41, 5.74) is 4.54. The Morgan fingerprint density at radius 2 is 1.96 bits per heavy atom. The van der Waals surface area contributed by atoms with Crippen LogP contribution in [-0.2, 0) is 7.05 Å². The van der Waals surface area contributed by atoms with Crippen molar-refractivity contribution < 1.29 is 0 Å². The normalized spacial score (nSPS) is 11.5. The van der Waals surface area contributed by atoms with Gasteiger partial charge >= 0.3 is 0 Å². The Bertz CT molecular complexity index is 850. The van der Waals surface area contributed by atoms with Crippen molar-refractivity contribution in [1.82, 2.24) is 9.55 Å². The molecule has 0 saturated heterocycles. The lowest BCUT2D eigenvalue weighted by atomic mass is 10.1. The Morgan fingerprint density at radius 3 is 2.71 bits per heavy atom. The van der Waals surface area contributed by atoms with Gasteiger partial charge in [-0.2, -0.15) is 0 Å². The summed E-state index contributed by atoms with van der Waals surface area (Å²) in [6.45, 7) is 2.86. The molecule has 0 aliphatic rings. The quantitative estimate of drug-likeness (QED) is 0.688. The van der Waals surface area contributed by atoms with Gasteiger partial charge in [0.05, 0.1) is 11.9 Å². The van der Waals surface area contributed by atoms with E-state index < -0.39 is 0 Å². The predicted molar refractivity (Wildman–Crippen MR) is 102 cm³/mol. The minimum atomic E-state index is 0.727. The maximum atomic E-state index is 6.08. The number of nitrogens with zero attached hydrogens (tertiary/aromatic N) is 2. The van der Waals surface area contributed by atoms with Gasteiger partial charge in [0, 0.05) is 24.2 Å². The largest absolute Gasteiger partial charge is 0.352 e. The van der Waals surface area contributed by atoms with Crippen molar-refractivity contribution in [3.63, 3.8) is 0 Å². The van der Waals surface area contributed by atoms with Crippen molar-refractivity contribution in [3.8, 4) is 11.3 Å². The minimum absolute atomic E-state index is 0.727. The molecule has 3 nitrogen and oxygen atoms in total. The Balaban J connectivity index is 1.72. The second kappa shape index (κ2) is 7.37. The highest BCUT2D eigenvalue weighted by Crippen LogP contribution is 2.24. The lowest BCUT2D eigenvalue weighted by Gasteiger charge is -2.09. The average Bonchev–Trinajstić information content (AvgIpc) is 2.95. The molecule has 0 bridgehead atoms. The van der Waals surface area contributed by atoms with Crippen LogP contribution in [0.2, 0.25) is 5.02 Å². The molecule has 0 radical (unpaired) electrons. The molecule has 0 amide bonds. The minimum Gasteiger partial charge on any atom is -0.352 e. The average molecular weight is 338 g/mol. The summed E-state index contributed by atoms with van der Waals surface area (Å²) in [5, 5.41) is 4.12. The van der Waals surface area contributed by atoms with Gasteiger partial charge in [0.1, 0.15) is 0 Å². The van der Waals surface area contributed by atoms with Crippen LogP contribution in [0.25, 0.3) is 17.3 Å². The summed E-state index contributed by atoms with van der Waals surface area (Å²) in [6, 6.07) is 18.1. The monoisotopic (exact) mass is 337 g/mol. The first-order valence-corrected chi connectivity index (χ1v) is 8.25. The molecular formula is C20H20ClN3. The molecule has 2 aromatic carbocycles. The van der Waals surface area contributed by atoms with Crippen LogP contribution in [0, 0.1) is 0 Å². The van der Waals surface area contributed by atoms with Crippen molar-refractivity contribution in [2.24, 2.45) is 7.05 Å². The number of halogens is 1. The Morgan fingerprint density at radius 1 is 1.17 bits per heavy atom. The smallest absolute Gasteiger partial charge is 0.203 e. The molecule has 0 unspecified atom stereocenters. The first-order valence-electron chi connectivity index (χ1n) is 7.87. The molecule has 24 heavy (non-hydrogen) atoms. The van der Waals surface area contributed by atoms with E-state index in [1.807, 2.05) is 60.3 Å². The molecule has 0 saturated carbocycles. The van der Waals surface area contributed by atoms with Crippen molar-refractivity contribution in [2.75, 3.05) is 11.9 Å². The van der Waals surface area contributed by atoms with E-state index in [0.29, 0.717) is 0 Å². The Kier molecular flexibility index (Phi) is 5.02. The third-order valence-corrected chi connectivity index (χ3v) is 4.08. The van der Waals surface area contributed by atoms with Gasteiger partial charge in [-0.1, -0.05) is 65.7 Å². The zero-order chi connectivity index (χ0) is 16.9. The van der Waals surface area contributed by atoms with Crippen molar-refractivity contribution in [1.29, 1.82) is 0 Å². The van der Waals surface area contributed by atoms with Crippen molar-refractivity contribution in [2.45, 2.75) is 6.92 Å². The third-order valence-electron chi connectivity index (χ3n) is 3.85. The fourth-order valence-electron chi connectivity index (χ4n) is 2.59. The van der Waals surface area contributed by atoms with E-state index in [1.165, 1.54) is 11.1 Å². The van der Waals surface area contributed by atoms with E-state index in [1.54, 1.807) is 0 Å². The molecule has 1 heterocycles. The molecule has 4 heteroatoms. The van der Waals surface area contributed by atoms with Crippen LogP contribution in [0.1, 0.15) is 12.5 Å². The first-order chi connectivity index (χ1) is 11.6. The van der Waals surface area contributed by atoms with Crippen LogP contribution in [0.5, 0.6) is 0 Å². The number of hydrogen-bond acceptors (Lipinski definition) is 2. The van der Waals surface area contributed by atoms with Gasteiger partial charge in [0.2, 0.25) is 5.95 Å². The fourth-order valence-corrected chi connectivity index (χ4v) is 2.78. The summed E-state index contributed by atoms with van der Waals surface area (Å²) in [6.07, 6.45) is 4.04. The summed E-state index contributed by atoms with van der Waals surface area (Å²) in [7, 11) is 2.00. The van der Waals surface area contributed by atoms with Crippen molar-refractivity contribution in [3.05, 3.63) is 77.0 Å². The molecular weight excluding hydrogens is 318 g/mol. The van der Waals surface area contributed by atoms with Crippen LogP contribution in [-0.4, -0.2) is 16.1 Å². The maximum absolute atomic E-state index is 6.08. The van der Waals surface area contributed by atoms with Crippen LogP contribution in [0.3, 0.4) is 0 Å². The number of anilines is 1. The standard InChI is InChI=1S/C20H20ClN3/c1-15(11-16-7-4-3-5-8-16)13-22-20-23-14-19(24(20)2)17-9-6-10-18(21)12-17/h3-12,14H,13H2,1-2H3,(H,22,23). The molecule has 122 valence electrons. The predicted octanol–water partition coefficient (Wildman–Crippen LogP) is 5.26. The van der Waals surface area contributed by atoms with Crippen LogP contribution in [0.15, 0.2) is 66.4 Å². The summed E-state index contributed by atoms with van der Waals surface area (Å²) < 4.78 is 2.04. The second-order valence-electron chi connectivity index (χ2n) is 5.79. The van der Waals surface area contributed by atoms with E-state index in [2.05, 4.69) is 35.4 Å². The molecule has 1 N–H and O–H groups in total. The third kappa shape index (κ3) is 3.87. The van der Waals surface area contributed by atoms with E-state index in [9.17, 15) is 0 Å². The second-order valence-corrected chi connectivity index (χ2v) is 6.23. The highest BCUT2D eigenvalue weighted by molar-refractivity contribution is 6.30. The summed E-state index contributed by atoms with van der Waals surface area (Å²) in [4.78, 5) is 4.48. The van der Waals surface area contributed by atoms with Crippen LogP contribution < -0.4 is 5.32 Å². The Hall–Kier alpha value is -2.52. The van der Waals surface area contributed by atoms with Gasteiger partial charge in [-0.25, -0.2) is 4.98 Å². The fraction of sp³-hybridized carbons (Fsp3) is 0.150. The SMILES string of the molecule is CC(=Cc1ccccc1)CNc1ncc(-c2cccc(Cl)c2)n1C. The highest BCUT2D eigenvalue weighted by Gasteiger charge is 2.08. The van der Waals surface area contributed by atoms with Crippen LogP contribution >= 0.6 is 11.6 Å². The maximum Gasteiger partial charge on any atom is 0.203 e. The number of rotatable bonds is 5. The van der Waals surface area contributed by atoms with Gasteiger partial charge in [0.15, 0.2) is 0 Å². The molecule has 0 atom stereocenters. The molecule has 0 aliphatic carbocycles. The highest BCUT2D eigenvalue weighted by atomic mass is 35.5. The molecule has 3 aromatic rings. The number of imidazole rings is 1. The summed E-state index contributed by atoms with van der Waals surface area (Å²) >= 11 is 6.08. The van der Waals surface area contributed by atoms with Gasteiger partial charge < -0.3 is 9.88 Å². The zero-order valence-corrected chi connectivity index (χ0v) is 14.6. The van der Waals surface area contributed by atoms with E-state index in [0.717, 1.165) is 28.8 Å². The number of aromatic nitrogens is 2. The Labute approximate surface area is 147 Å². The van der Waals surface area contributed by atoms with E-state index in [-0.39, 0.29) is 0 Å². The molecule has 0 spiro atoms. The lowest BCUT2D eigenvalue weighted by molar-refractivity contribution is 0.916. The van der Waals surface area contributed by atoms with Gasteiger partial charge in [-0.05, 0) is 24.6 Å². The van der Waals surface area contributed by atoms with Gasteiger partial charge in [0.25, 0.3) is 0 Å². The lowest BCUT2D eigenvalue weighted by Crippen LogP contribution is -2.08. The topological polar surface area (TPSA) is 29.9 Å². The van der Waals surface area contributed by atoms with E-state index >= 15 is 0 Å². The number of benzene rings is 2. The van der Waals surface area contributed by atoms with Crippen LogP contribution in [0.4, 0.5) is 5.95 Å². The first kappa shape index (κ1) is 16.3. The summed E-state index contributed by atoms with van der Waals surface area (Å²) in [5.74, 6) is 0.839. The number of nitrogens with one attached hydrogen (secondary N) is 1. The van der Waals surface area contributed by atoms with Gasteiger partial charge in [-0.3, -0.25) is 0 Å². The molecule has 0 aliphatic heterocycles. The molecule has 3 rings (SSSR count).